The highest BCUT2D eigenvalue weighted by atomic mass is 16.2. The van der Waals surface area contributed by atoms with E-state index in [4.69, 9.17) is 0 Å². The third-order valence-electron chi connectivity index (χ3n) is 4.07. The molecule has 26 heavy (non-hydrogen) atoms. The van der Waals surface area contributed by atoms with Gasteiger partial charge in [-0.2, -0.15) is 0 Å². The van der Waals surface area contributed by atoms with Crippen molar-refractivity contribution < 1.29 is 14.4 Å². The molecule has 1 fully saturated rings. The first kappa shape index (κ1) is 17.7. The number of rotatable bonds is 6. The van der Waals surface area contributed by atoms with Crippen molar-refractivity contribution in [1.82, 2.24) is 5.32 Å². The molecule has 0 saturated heterocycles. The van der Waals surface area contributed by atoms with Gasteiger partial charge in [0.25, 0.3) is 5.91 Å². The third kappa shape index (κ3) is 4.92. The van der Waals surface area contributed by atoms with Crippen molar-refractivity contribution in [1.29, 1.82) is 0 Å². The molecule has 0 atom stereocenters. The second kappa shape index (κ2) is 7.82. The third-order valence-corrected chi connectivity index (χ3v) is 4.07. The summed E-state index contributed by atoms with van der Waals surface area (Å²) in [5.74, 6) is -0.160. The molecule has 134 valence electrons. The predicted molar refractivity (Wildman–Crippen MR) is 99.7 cm³/mol. The maximum absolute atomic E-state index is 12.3. The minimum absolute atomic E-state index is 0.0742. The summed E-state index contributed by atoms with van der Waals surface area (Å²) in [5.41, 5.74) is 2.76. The molecule has 0 bridgehead atoms. The molecule has 0 heterocycles. The second-order valence-corrected chi connectivity index (χ2v) is 6.41. The molecule has 0 radical (unpaired) electrons. The van der Waals surface area contributed by atoms with Gasteiger partial charge in [-0.25, -0.2) is 0 Å². The maximum atomic E-state index is 12.3. The van der Waals surface area contributed by atoms with Crippen LogP contribution in [-0.4, -0.2) is 17.7 Å². The van der Waals surface area contributed by atoms with Gasteiger partial charge in [0, 0.05) is 36.3 Å². The quantitative estimate of drug-likeness (QED) is 0.748. The van der Waals surface area contributed by atoms with E-state index in [9.17, 15) is 14.4 Å². The van der Waals surface area contributed by atoms with Crippen LogP contribution >= 0.6 is 0 Å². The molecule has 3 rings (SSSR count). The Labute approximate surface area is 152 Å². The van der Waals surface area contributed by atoms with E-state index in [1.54, 1.807) is 24.3 Å². The molecular weight excluding hydrogens is 330 g/mol. The van der Waals surface area contributed by atoms with E-state index in [0.717, 1.165) is 24.1 Å². The van der Waals surface area contributed by atoms with Crippen LogP contribution in [-0.2, 0) is 16.1 Å². The van der Waals surface area contributed by atoms with E-state index in [1.807, 2.05) is 24.3 Å². The number of carbonyl (C=O) groups is 3. The highest BCUT2D eigenvalue weighted by Crippen LogP contribution is 2.30. The lowest BCUT2D eigenvalue weighted by Gasteiger charge is -2.09. The van der Waals surface area contributed by atoms with Crippen LogP contribution in [0.4, 0.5) is 11.4 Å². The second-order valence-electron chi connectivity index (χ2n) is 6.41. The molecule has 3 amide bonds. The molecule has 2 aromatic carbocycles. The van der Waals surface area contributed by atoms with Gasteiger partial charge < -0.3 is 16.0 Å². The summed E-state index contributed by atoms with van der Waals surface area (Å²) in [6.07, 6.45) is 1.94. The number of hydrogen-bond donors (Lipinski definition) is 3. The Kier molecular flexibility index (Phi) is 5.31. The van der Waals surface area contributed by atoms with Gasteiger partial charge in [0.15, 0.2) is 0 Å². The Balaban J connectivity index is 1.54. The summed E-state index contributed by atoms with van der Waals surface area (Å²) in [7, 11) is 0. The highest BCUT2D eigenvalue weighted by Gasteiger charge is 2.29. The number of anilines is 2. The van der Waals surface area contributed by atoms with E-state index in [0.29, 0.717) is 17.8 Å². The Morgan fingerprint density at radius 1 is 0.962 bits per heavy atom. The summed E-state index contributed by atoms with van der Waals surface area (Å²) in [5, 5.41) is 8.38. The van der Waals surface area contributed by atoms with Crippen LogP contribution in [0, 0.1) is 5.92 Å². The maximum Gasteiger partial charge on any atom is 0.251 e. The lowest BCUT2D eigenvalue weighted by Crippen LogP contribution is -2.23. The van der Waals surface area contributed by atoms with Crippen molar-refractivity contribution in [3.8, 4) is 0 Å². The van der Waals surface area contributed by atoms with E-state index < -0.39 is 0 Å². The van der Waals surface area contributed by atoms with Crippen LogP contribution in [0.1, 0.15) is 35.7 Å². The minimum Gasteiger partial charge on any atom is -0.348 e. The van der Waals surface area contributed by atoms with E-state index in [2.05, 4.69) is 16.0 Å². The lowest BCUT2D eigenvalue weighted by molar-refractivity contribution is -0.117. The van der Waals surface area contributed by atoms with Gasteiger partial charge in [-0.15, -0.1) is 0 Å². The Hall–Kier alpha value is -3.15. The Morgan fingerprint density at radius 3 is 2.35 bits per heavy atom. The van der Waals surface area contributed by atoms with Gasteiger partial charge in [-0.3, -0.25) is 14.4 Å². The fourth-order valence-corrected chi connectivity index (χ4v) is 2.52. The Morgan fingerprint density at radius 2 is 1.69 bits per heavy atom. The van der Waals surface area contributed by atoms with Crippen LogP contribution in [0.15, 0.2) is 48.5 Å². The summed E-state index contributed by atoms with van der Waals surface area (Å²) < 4.78 is 0. The normalized spacial score (nSPS) is 13.0. The molecule has 3 N–H and O–H groups in total. The van der Waals surface area contributed by atoms with Crippen molar-refractivity contribution in [3.05, 3.63) is 59.7 Å². The molecule has 2 aromatic rings. The van der Waals surface area contributed by atoms with E-state index >= 15 is 0 Å². The van der Waals surface area contributed by atoms with Crippen LogP contribution < -0.4 is 16.0 Å². The largest absolute Gasteiger partial charge is 0.348 e. The first-order valence-electron chi connectivity index (χ1n) is 8.57. The molecular formula is C20H21N3O3. The van der Waals surface area contributed by atoms with Crippen LogP contribution in [0.5, 0.6) is 0 Å². The van der Waals surface area contributed by atoms with Crippen LogP contribution in [0.25, 0.3) is 0 Å². The summed E-state index contributed by atoms with van der Waals surface area (Å²) in [4.78, 5) is 35.1. The molecule has 1 aliphatic carbocycles. The summed E-state index contributed by atoms with van der Waals surface area (Å²) in [6.45, 7) is 1.80. The molecule has 0 aliphatic heterocycles. The van der Waals surface area contributed by atoms with Gasteiger partial charge >= 0.3 is 0 Å². The standard InChI is InChI=1S/C20H21N3O3/c1-13(24)22-18-4-2-3-16(11-18)19(25)21-12-14-5-9-17(10-6-14)23-20(26)15-7-8-15/h2-6,9-11,15H,7-8,12H2,1H3,(H,21,25)(H,22,24)(H,23,26). The van der Waals surface area contributed by atoms with Crippen molar-refractivity contribution >= 4 is 29.1 Å². The van der Waals surface area contributed by atoms with Crippen molar-refractivity contribution in [2.24, 2.45) is 5.92 Å². The molecule has 0 unspecified atom stereocenters. The van der Waals surface area contributed by atoms with Crippen molar-refractivity contribution in [3.63, 3.8) is 0 Å². The van der Waals surface area contributed by atoms with Gasteiger partial charge in [-0.05, 0) is 48.7 Å². The molecule has 0 aromatic heterocycles. The number of nitrogens with one attached hydrogen (secondary N) is 3. The summed E-state index contributed by atoms with van der Waals surface area (Å²) >= 11 is 0. The number of benzene rings is 2. The fourth-order valence-electron chi connectivity index (χ4n) is 2.52. The number of amides is 3. The Bertz CT molecular complexity index is 826. The smallest absolute Gasteiger partial charge is 0.251 e. The van der Waals surface area contributed by atoms with Crippen molar-refractivity contribution in [2.75, 3.05) is 10.6 Å². The highest BCUT2D eigenvalue weighted by molar-refractivity contribution is 5.97. The lowest BCUT2D eigenvalue weighted by atomic mass is 10.1. The monoisotopic (exact) mass is 351 g/mol. The van der Waals surface area contributed by atoms with Crippen LogP contribution in [0.2, 0.25) is 0 Å². The number of carbonyl (C=O) groups excluding carboxylic acids is 3. The van der Waals surface area contributed by atoms with Gasteiger partial charge in [0.1, 0.15) is 0 Å². The topological polar surface area (TPSA) is 87.3 Å². The fraction of sp³-hybridized carbons (Fsp3) is 0.250. The molecule has 1 aliphatic rings. The van der Waals surface area contributed by atoms with Gasteiger partial charge in [-0.1, -0.05) is 18.2 Å². The first-order chi connectivity index (χ1) is 12.5. The molecule has 1 saturated carbocycles. The zero-order valence-corrected chi connectivity index (χ0v) is 14.5. The zero-order valence-electron chi connectivity index (χ0n) is 14.5. The predicted octanol–water partition coefficient (Wildman–Crippen LogP) is 2.92. The van der Waals surface area contributed by atoms with Gasteiger partial charge in [0.2, 0.25) is 11.8 Å². The van der Waals surface area contributed by atoms with Crippen LogP contribution in [0.3, 0.4) is 0 Å². The minimum atomic E-state index is -0.219. The molecule has 0 spiro atoms. The van der Waals surface area contributed by atoms with Crippen molar-refractivity contribution in [2.45, 2.75) is 26.3 Å². The molecule has 6 heteroatoms. The average Bonchev–Trinajstić information content (AvgIpc) is 3.46. The van der Waals surface area contributed by atoms with Gasteiger partial charge in [0.05, 0.1) is 0 Å². The average molecular weight is 351 g/mol. The first-order valence-corrected chi connectivity index (χ1v) is 8.57. The van der Waals surface area contributed by atoms with E-state index in [1.165, 1.54) is 6.92 Å². The zero-order chi connectivity index (χ0) is 18.5. The summed E-state index contributed by atoms with van der Waals surface area (Å²) in [6, 6.07) is 14.2. The molecule has 6 nitrogen and oxygen atoms in total. The SMILES string of the molecule is CC(=O)Nc1cccc(C(=O)NCc2ccc(NC(=O)C3CC3)cc2)c1. The number of hydrogen-bond acceptors (Lipinski definition) is 3. The van der Waals surface area contributed by atoms with E-state index in [-0.39, 0.29) is 23.6 Å².